The van der Waals surface area contributed by atoms with Crippen molar-refractivity contribution in [2.24, 2.45) is 0 Å². The van der Waals surface area contributed by atoms with Crippen molar-refractivity contribution in [2.75, 3.05) is 18.0 Å². The number of carboxylic acids is 1. The Morgan fingerprint density at radius 1 is 1.42 bits per heavy atom. The zero-order valence-electron chi connectivity index (χ0n) is 10.1. The predicted molar refractivity (Wildman–Crippen MR) is 69.6 cm³/mol. The molecule has 100 valence electrons. The number of carbonyl (C=O) groups is 1. The second-order valence-electron chi connectivity index (χ2n) is 4.41. The monoisotopic (exact) mass is 279 g/mol. The predicted octanol–water partition coefficient (Wildman–Crippen LogP) is 1.27. The average Bonchev–Trinajstić information content (AvgIpc) is 3.11. The minimum atomic E-state index is -0.916. The number of hydrogen-bond donors (Lipinski definition) is 1. The van der Waals surface area contributed by atoms with Gasteiger partial charge in [-0.25, -0.2) is 14.5 Å². The van der Waals surface area contributed by atoms with E-state index in [-0.39, 0.29) is 4.88 Å². The molecule has 1 N–H and O–H groups in total. The second kappa shape index (κ2) is 4.96. The zero-order valence-corrected chi connectivity index (χ0v) is 11.0. The molecular formula is C11H13N5O2S. The van der Waals surface area contributed by atoms with E-state index in [0.717, 1.165) is 31.1 Å². The van der Waals surface area contributed by atoms with E-state index in [0.29, 0.717) is 6.04 Å². The molecule has 0 radical (unpaired) electrons. The maximum atomic E-state index is 10.8. The number of hydrogen-bond acceptors (Lipinski definition) is 6. The Balaban J connectivity index is 1.64. The molecule has 7 nitrogen and oxygen atoms in total. The van der Waals surface area contributed by atoms with Gasteiger partial charge in [0.05, 0.1) is 18.4 Å². The van der Waals surface area contributed by atoms with Crippen LogP contribution in [0, 0.1) is 0 Å². The largest absolute Gasteiger partial charge is 0.477 e. The summed E-state index contributed by atoms with van der Waals surface area (Å²) in [6.07, 6.45) is 6.92. The summed E-state index contributed by atoms with van der Waals surface area (Å²) in [6, 6.07) is 0.373. The third-order valence-electron chi connectivity index (χ3n) is 3.25. The smallest absolute Gasteiger partial charge is 0.347 e. The fourth-order valence-corrected chi connectivity index (χ4v) is 3.05. The Hall–Kier alpha value is -1.96. The lowest BCUT2D eigenvalue weighted by molar-refractivity contribution is 0.0702. The van der Waals surface area contributed by atoms with Crippen molar-refractivity contribution in [1.82, 2.24) is 20.0 Å². The van der Waals surface area contributed by atoms with Crippen molar-refractivity contribution in [3.8, 4) is 0 Å². The van der Waals surface area contributed by atoms with Crippen LogP contribution < -0.4 is 4.90 Å². The molecule has 2 aromatic heterocycles. The van der Waals surface area contributed by atoms with Gasteiger partial charge in [0.25, 0.3) is 0 Å². The minimum absolute atomic E-state index is 0.286. The number of thiazole rings is 1. The van der Waals surface area contributed by atoms with Crippen LogP contribution in [0.25, 0.3) is 0 Å². The number of aromatic carboxylic acids is 1. The normalized spacial score (nSPS) is 16.7. The molecule has 3 heterocycles. The molecular weight excluding hydrogens is 266 g/mol. The van der Waals surface area contributed by atoms with Crippen molar-refractivity contribution >= 4 is 22.4 Å². The molecule has 19 heavy (non-hydrogen) atoms. The Labute approximate surface area is 113 Å². The summed E-state index contributed by atoms with van der Waals surface area (Å²) >= 11 is 1.23. The van der Waals surface area contributed by atoms with Crippen LogP contribution in [-0.2, 0) is 0 Å². The molecule has 1 aliphatic rings. The summed E-state index contributed by atoms with van der Waals surface area (Å²) in [5.74, 6) is -0.916. The van der Waals surface area contributed by atoms with E-state index >= 15 is 0 Å². The molecule has 0 spiro atoms. The Morgan fingerprint density at radius 3 is 2.79 bits per heavy atom. The van der Waals surface area contributed by atoms with Gasteiger partial charge in [-0.15, -0.1) is 5.10 Å². The van der Waals surface area contributed by atoms with Crippen LogP contribution in [0.15, 0.2) is 18.6 Å². The van der Waals surface area contributed by atoms with E-state index < -0.39 is 5.97 Å². The molecule has 0 atom stereocenters. The van der Waals surface area contributed by atoms with Gasteiger partial charge in [-0.3, -0.25) is 0 Å². The van der Waals surface area contributed by atoms with Gasteiger partial charge in [0.2, 0.25) is 0 Å². The van der Waals surface area contributed by atoms with E-state index in [9.17, 15) is 4.79 Å². The lowest BCUT2D eigenvalue weighted by Crippen LogP contribution is -2.34. The Morgan fingerprint density at radius 2 is 2.21 bits per heavy atom. The average molecular weight is 279 g/mol. The first-order chi connectivity index (χ1) is 9.24. The second-order valence-corrected chi connectivity index (χ2v) is 5.42. The molecule has 1 aliphatic heterocycles. The summed E-state index contributed by atoms with van der Waals surface area (Å²) in [4.78, 5) is 17.4. The van der Waals surface area contributed by atoms with Crippen molar-refractivity contribution in [2.45, 2.75) is 18.9 Å². The van der Waals surface area contributed by atoms with E-state index in [1.54, 1.807) is 6.20 Å². The van der Waals surface area contributed by atoms with Crippen LogP contribution in [0.3, 0.4) is 0 Å². The SMILES string of the molecule is O=C(O)c1cnc(N2CCC(n3ccnn3)CC2)s1. The summed E-state index contributed by atoms with van der Waals surface area (Å²) in [7, 11) is 0. The zero-order chi connectivity index (χ0) is 13.2. The summed E-state index contributed by atoms with van der Waals surface area (Å²) < 4.78 is 1.89. The molecule has 8 heteroatoms. The van der Waals surface area contributed by atoms with Crippen molar-refractivity contribution < 1.29 is 9.90 Å². The summed E-state index contributed by atoms with van der Waals surface area (Å²) in [6.45, 7) is 1.72. The van der Waals surface area contributed by atoms with E-state index in [2.05, 4.69) is 20.2 Å². The number of nitrogens with zero attached hydrogens (tertiary/aromatic N) is 5. The number of piperidine rings is 1. The van der Waals surface area contributed by atoms with Gasteiger partial charge in [-0.05, 0) is 12.8 Å². The van der Waals surface area contributed by atoms with Crippen LogP contribution in [0.1, 0.15) is 28.6 Å². The topological polar surface area (TPSA) is 84.1 Å². The van der Waals surface area contributed by atoms with Crippen LogP contribution in [0.5, 0.6) is 0 Å². The van der Waals surface area contributed by atoms with Gasteiger partial charge < -0.3 is 10.0 Å². The highest BCUT2D eigenvalue weighted by molar-refractivity contribution is 7.17. The van der Waals surface area contributed by atoms with E-state index in [1.807, 2.05) is 10.9 Å². The molecule has 0 aliphatic carbocycles. The molecule has 2 aromatic rings. The highest BCUT2D eigenvalue weighted by Crippen LogP contribution is 2.28. The first-order valence-corrected chi connectivity index (χ1v) is 6.85. The Bertz CT molecular complexity index is 559. The molecule has 0 bridgehead atoms. The summed E-state index contributed by atoms with van der Waals surface area (Å²) in [5.41, 5.74) is 0. The number of anilines is 1. The van der Waals surface area contributed by atoms with Gasteiger partial charge in [0.1, 0.15) is 4.88 Å². The number of carboxylic acid groups (broad SMARTS) is 1. The lowest BCUT2D eigenvalue weighted by atomic mass is 10.1. The lowest BCUT2D eigenvalue weighted by Gasteiger charge is -2.31. The van der Waals surface area contributed by atoms with Gasteiger partial charge in [-0.1, -0.05) is 16.6 Å². The summed E-state index contributed by atoms with van der Waals surface area (Å²) in [5, 5.41) is 17.5. The standard InChI is InChI=1S/C11H13N5O2S/c17-10(18)9-7-12-11(19-9)15-4-1-8(2-5-15)16-6-3-13-14-16/h3,6-8H,1-2,4-5H2,(H,17,18). The molecule has 1 fully saturated rings. The van der Waals surface area contributed by atoms with Crippen molar-refractivity contribution in [1.29, 1.82) is 0 Å². The minimum Gasteiger partial charge on any atom is -0.477 e. The van der Waals surface area contributed by atoms with Gasteiger partial charge in [0.15, 0.2) is 5.13 Å². The number of aromatic nitrogens is 4. The van der Waals surface area contributed by atoms with Crippen LogP contribution in [0.2, 0.25) is 0 Å². The van der Waals surface area contributed by atoms with E-state index in [1.165, 1.54) is 17.5 Å². The van der Waals surface area contributed by atoms with Crippen molar-refractivity contribution in [3.63, 3.8) is 0 Å². The first kappa shape index (κ1) is 12.1. The van der Waals surface area contributed by atoms with Gasteiger partial charge in [0, 0.05) is 19.3 Å². The van der Waals surface area contributed by atoms with Crippen molar-refractivity contribution in [3.05, 3.63) is 23.5 Å². The van der Waals surface area contributed by atoms with E-state index in [4.69, 9.17) is 5.11 Å². The first-order valence-electron chi connectivity index (χ1n) is 6.04. The Kier molecular flexibility index (Phi) is 3.16. The molecule has 0 aromatic carbocycles. The van der Waals surface area contributed by atoms with Gasteiger partial charge >= 0.3 is 5.97 Å². The molecule has 1 saturated heterocycles. The fraction of sp³-hybridized carbons (Fsp3) is 0.455. The molecule has 0 amide bonds. The third-order valence-corrected chi connectivity index (χ3v) is 4.30. The maximum absolute atomic E-state index is 10.8. The maximum Gasteiger partial charge on any atom is 0.347 e. The fourth-order valence-electron chi connectivity index (χ4n) is 2.24. The highest BCUT2D eigenvalue weighted by atomic mass is 32.1. The highest BCUT2D eigenvalue weighted by Gasteiger charge is 2.23. The molecule has 0 saturated carbocycles. The van der Waals surface area contributed by atoms with Crippen LogP contribution in [-0.4, -0.2) is 44.1 Å². The quantitative estimate of drug-likeness (QED) is 0.911. The third kappa shape index (κ3) is 2.43. The van der Waals surface area contributed by atoms with Gasteiger partial charge in [-0.2, -0.15) is 0 Å². The molecule has 3 rings (SSSR count). The van der Waals surface area contributed by atoms with Crippen LogP contribution >= 0.6 is 11.3 Å². The number of rotatable bonds is 3. The molecule has 0 unspecified atom stereocenters. The van der Waals surface area contributed by atoms with Crippen LogP contribution in [0.4, 0.5) is 5.13 Å².